The molecule has 3 rings (SSSR count). The van der Waals surface area contributed by atoms with E-state index in [1.165, 1.54) is 0 Å². The van der Waals surface area contributed by atoms with Gasteiger partial charge in [0.05, 0.1) is 19.0 Å². The topological polar surface area (TPSA) is 266 Å². The summed E-state index contributed by atoms with van der Waals surface area (Å²) in [4.78, 5) is 50.1. The molecular weight excluding hydrogens is 739 g/mol. The number of halogens is 6. The van der Waals surface area contributed by atoms with Gasteiger partial charge in [0.1, 0.15) is 30.0 Å². The molecule has 0 aromatic heterocycles. The maximum absolute atomic E-state index is 12.5. The van der Waals surface area contributed by atoms with E-state index in [9.17, 15) is 35.7 Å². The van der Waals surface area contributed by atoms with Gasteiger partial charge in [0.15, 0.2) is 0 Å². The predicted octanol–water partition coefficient (Wildman–Crippen LogP) is 3.54. The summed E-state index contributed by atoms with van der Waals surface area (Å²) in [7, 11) is -4.59. The van der Waals surface area contributed by atoms with Crippen LogP contribution in [0.5, 0.6) is 11.5 Å². The van der Waals surface area contributed by atoms with Gasteiger partial charge in [-0.25, -0.2) is 14.2 Å². The standard InChI is InChI=1S/C25H34N5O7P.2C2HF3O2/c1-17(26)30-12-8-22(9-13-30)37-21-6-4-19(5-7-21)25(31)29-11-15-35-23-16-20(24(27)28)3-2-18(23)10-14-36-38(32,33)34;2*3-2(4,5)1(6)7/h2-7,16,22,26H,8-15H2,1H3,(H3,27,28)(H,29,31)(H2,32,33,34);2*(H,6,7). The van der Waals surface area contributed by atoms with Gasteiger partial charge in [0.2, 0.25) is 0 Å². The molecule has 1 heterocycles. The number of carboxylic acids is 2. The number of nitrogens with one attached hydrogen (secondary N) is 3. The number of amides is 1. The smallest absolute Gasteiger partial charge is 0.490 e. The highest BCUT2D eigenvalue weighted by Gasteiger charge is 2.39. The van der Waals surface area contributed by atoms with Gasteiger partial charge in [-0.15, -0.1) is 0 Å². The SMILES string of the molecule is CC(=N)N1CCC(Oc2ccc(C(=O)NCCOc3cc(C(=N)N)ccc3CCOP(=O)(O)O)cc2)CC1.O=C(O)C(F)(F)F.O=C(O)C(F)(F)F. The number of nitrogens with zero attached hydrogens (tertiary/aromatic N) is 1. The zero-order valence-electron chi connectivity index (χ0n) is 27.2. The molecule has 0 bridgehead atoms. The molecule has 23 heteroatoms. The van der Waals surface area contributed by atoms with E-state index in [1.54, 1.807) is 49.4 Å². The number of hydrogen-bond acceptors (Lipinski definition) is 9. The first kappa shape index (κ1) is 45.1. The number of carbonyl (C=O) groups is 3. The molecule has 1 aliphatic heterocycles. The van der Waals surface area contributed by atoms with E-state index in [0.717, 1.165) is 25.9 Å². The first-order chi connectivity index (χ1) is 23.9. The van der Waals surface area contributed by atoms with Crippen molar-refractivity contribution in [1.29, 1.82) is 10.8 Å². The molecule has 2 aromatic carbocycles. The molecule has 0 atom stereocenters. The lowest BCUT2D eigenvalue weighted by Crippen LogP contribution is -2.40. The van der Waals surface area contributed by atoms with Crippen molar-refractivity contribution >= 4 is 37.3 Å². The number of alkyl halides is 6. The highest BCUT2D eigenvalue weighted by atomic mass is 31.2. The molecular formula is C29H36F6N5O11P. The molecule has 16 nitrogen and oxygen atoms in total. The minimum Gasteiger partial charge on any atom is -0.491 e. The fourth-order valence-electron chi connectivity index (χ4n) is 3.95. The number of carboxylic acid groups (broad SMARTS) is 2. The predicted molar refractivity (Wildman–Crippen MR) is 169 cm³/mol. The summed E-state index contributed by atoms with van der Waals surface area (Å²) in [6.45, 7) is 3.47. The van der Waals surface area contributed by atoms with Crippen LogP contribution in [0.3, 0.4) is 0 Å². The van der Waals surface area contributed by atoms with Crippen LogP contribution in [-0.4, -0.2) is 106 Å². The zero-order chi connectivity index (χ0) is 39.9. The lowest BCUT2D eigenvalue weighted by molar-refractivity contribution is -0.193. The summed E-state index contributed by atoms with van der Waals surface area (Å²) in [5, 5.41) is 32.4. The molecule has 1 saturated heterocycles. The highest BCUT2D eigenvalue weighted by Crippen LogP contribution is 2.36. The molecule has 52 heavy (non-hydrogen) atoms. The van der Waals surface area contributed by atoms with E-state index in [0.29, 0.717) is 34.0 Å². The normalized spacial score (nSPS) is 13.4. The largest absolute Gasteiger partial charge is 0.491 e. The molecule has 1 fully saturated rings. The minimum absolute atomic E-state index is 0.0807. The van der Waals surface area contributed by atoms with Crippen molar-refractivity contribution in [2.75, 3.05) is 32.8 Å². The molecule has 0 saturated carbocycles. The molecule has 290 valence electrons. The van der Waals surface area contributed by atoms with Crippen LogP contribution in [-0.2, 0) is 25.1 Å². The lowest BCUT2D eigenvalue weighted by atomic mass is 10.1. The van der Waals surface area contributed by atoms with Crippen LogP contribution in [0.2, 0.25) is 0 Å². The fraction of sp³-hybridized carbons (Fsp3) is 0.414. The monoisotopic (exact) mass is 775 g/mol. The van der Waals surface area contributed by atoms with E-state index < -0.39 is 32.1 Å². The Balaban J connectivity index is 0.000000812. The maximum atomic E-state index is 12.5. The summed E-state index contributed by atoms with van der Waals surface area (Å²) in [5.74, 6) is -4.30. The Hall–Kier alpha value is -4.92. The van der Waals surface area contributed by atoms with E-state index in [2.05, 4.69) is 9.84 Å². The van der Waals surface area contributed by atoms with E-state index >= 15 is 0 Å². The quantitative estimate of drug-likeness (QED) is 0.0505. The Morgan fingerprint density at radius 2 is 1.42 bits per heavy atom. The number of carbonyl (C=O) groups excluding carboxylic acids is 1. The third-order valence-electron chi connectivity index (χ3n) is 6.47. The van der Waals surface area contributed by atoms with Crippen LogP contribution in [0.15, 0.2) is 42.5 Å². The number of ether oxygens (including phenoxy) is 2. The molecule has 0 radical (unpaired) electrons. The number of aliphatic carboxylic acids is 2. The number of phosphoric ester groups is 1. The highest BCUT2D eigenvalue weighted by molar-refractivity contribution is 7.46. The number of nitrogen functional groups attached to an aromatic ring is 1. The number of phosphoric acid groups is 1. The van der Waals surface area contributed by atoms with Crippen LogP contribution < -0.4 is 20.5 Å². The average Bonchev–Trinajstić information content (AvgIpc) is 3.03. The fourth-order valence-corrected chi connectivity index (χ4v) is 4.28. The van der Waals surface area contributed by atoms with Gasteiger partial charge in [-0.2, -0.15) is 26.3 Å². The number of nitrogens with two attached hydrogens (primary N) is 1. The second kappa shape index (κ2) is 20.2. The zero-order valence-corrected chi connectivity index (χ0v) is 28.1. The summed E-state index contributed by atoms with van der Waals surface area (Å²) in [5.41, 5.74) is 7.07. The van der Waals surface area contributed by atoms with Crippen molar-refractivity contribution in [2.24, 2.45) is 5.73 Å². The number of likely N-dealkylation sites (tertiary alicyclic amines) is 1. The van der Waals surface area contributed by atoms with Crippen molar-refractivity contribution in [2.45, 2.75) is 44.6 Å². The molecule has 9 N–H and O–H groups in total. The Bertz CT molecular complexity index is 1560. The Morgan fingerprint density at radius 3 is 1.87 bits per heavy atom. The van der Waals surface area contributed by atoms with E-state index in [1.807, 2.05) is 4.90 Å². The number of amidine groups is 2. The number of rotatable bonds is 12. The van der Waals surface area contributed by atoms with Crippen molar-refractivity contribution < 1.29 is 79.3 Å². The van der Waals surface area contributed by atoms with Crippen LogP contribution >= 0.6 is 7.82 Å². The van der Waals surface area contributed by atoms with Gasteiger partial charge in [0, 0.05) is 43.5 Å². The second-order valence-corrected chi connectivity index (χ2v) is 11.7. The van der Waals surface area contributed by atoms with Crippen LogP contribution in [0.4, 0.5) is 26.3 Å². The first-order valence-electron chi connectivity index (χ1n) is 14.7. The molecule has 0 spiro atoms. The minimum atomic E-state index is -5.08. The Morgan fingerprint density at radius 1 is 0.923 bits per heavy atom. The number of piperidine rings is 1. The van der Waals surface area contributed by atoms with Gasteiger partial charge < -0.3 is 45.4 Å². The van der Waals surface area contributed by atoms with Crippen LogP contribution in [0.25, 0.3) is 0 Å². The second-order valence-electron chi connectivity index (χ2n) is 10.4. The first-order valence-corrected chi connectivity index (χ1v) is 16.2. The van der Waals surface area contributed by atoms with Gasteiger partial charge in [0.25, 0.3) is 5.91 Å². The van der Waals surface area contributed by atoms with Crippen LogP contribution in [0.1, 0.15) is 41.3 Å². The molecule has 1 amide bonds. The molecule has 1 aliphatic rings. The van der Waals surface area contributed by atoms with E-state index in [4.69, 9.17) is 55.6 Å². The van der Waals surface area contributed by atoms with Gasteiger partial charge in [-0.05, 0) is 42.8 Å². The number of benzene rings is 2. The van der Waals surface area contributed by atoms with E-state index in [-0.39, 0.29) is 44.0 Å². The third kappa shape index (κ3) is 17.8. The van der Waals surface area contributed by atoms with Gasteiger partial charge >= 0.3 is 32.1 Å². The third-order valence-corrected chi connectivity index (χ3v) is 6.99. The summed E-state index contributed by atoms with van der Waals surface area (Å²) in [6.07, 6.45) is -8.24. The molecule has 0 aliphatic carbocycles. The maximum Gasteiger partial charge on any atom is 0.490 e. The van der Waals surface area contributed by atoms with Crippen molar-refractivity contribution in [3.05, 3.63) is 59.2 Å². The summed E-state index contributed by atoms with van der Waals surface area (Å²) >= 11 is 0. The summed E-state index contributed by atoms with van der Waals surface area (Å²) in [6, 6.07) is 11.7. The lowest BCUT2D eigenvalue weighted by Gasteiger charge is -2.32. The van der Waals surface area contributed by atoms with Crippen molar-refractivity contribution in [3.8, 4) is 11.5 Å². The molecule has 0 unspecified atom stereocenters. The summed E-state index contributed by atoms with van der Waals surface area (Å²) < 4.78 is 90.7. The van der Waals surface area contributed by atoms with Crippen molar-refractivity contribution in [1.82, 2.24) is 10.2 Å². The average molecular weight is 776 g/mol. The number of hydrogen-bond donors (Lipinski definition) is 8. The van der Waals surface area contributed by atoms with Crippen LogP contribution in [0, 0.1) is 10.8 Å². The van der Waals surface area contributed by atoms with Gasteiger partial charge in [-0.1, -0.05) is 12.1 Å². The molecule has 2 aromatic rings. The Labute approximate surface area is 291 Å². The van der Waals surface area contributed by atoms with Gasteiger partial charge in [-0.3, -0.25) is 20.1 Å². The Kier molecular flexibility index (Phi) is 17.5. The van der Waals surface area contributed by atoms with Crippen molar-refractivity contribution in [3.63, 3.8) is 0 Å².